The Morgan fingerprint density at radius 2 is 1.48 bits per heavy atom. The van der Waals surface area contributed by atoms with Crippen LogP contribution < -0.4 is 25.2 Å². The van der Waals surface area contributed by atoms with Gasteiger partial charge >= 0.3 is 11.5 Å². The Morgan fingerprint density at radius 3 is 2.16 bits per heavy atom. The lowest BCUT2D eigenvalue weighted by Crippen LogP contribution is -2.50. The van der Waals surface area contributed by atoms with Crippen molar-refractivity contribution in [2.75, 3.05) is 92.9 Å². The van der Waals surface area contributed by atoms with E-state index in [1.165, 1.54) is 51.8 Å². The van der Waals surface area contributed by atoms with Gasteiger partial charge in [0, 0.05) is 124 Å². The smallest absolute Gasteiger partial charge is 0.380 e. The fourth-order valence-electron chi connectivity index (χ4n) is 10.5. The fraction of sp³-hybridized carbons (Fsp3) is 0.411. The third-order valence-corrected chi connectivity index (χ3v) is 19.2. The van der Waals surface area contributed by atoms with Crippen molar-refractivity contribution in [3.63, 3.8) is 0 Å². The van der Waals surface area contributed by atoms with E-state index in [0.29, 0.717) is 74.0 Å². The quantitative estimate of drug-likeness (QED) is 0.0665. The first-order valence-electron chi connectivity index (χ1n) is 26.5. The second kappa shape index (κ2) is 25.0. The van der Waals surface area contributed by atoms with Gasteiger partial charge in [0.15, 0.2) is 0 Å². The molecular weight excluding hydrogens is 1110 g/mol. The number of alkyl halides is 3. The van der Waals surface area contributed by atoms with Crippen LogP contribution in [0.4, 0.5) is 35.2 Å². The zero-order valence-corrected chi connectivity index (χ0v) is 47.6. The van der Waals surface area contributed by atoms with Crippen LogP contribution in [0.15, 0.2) is 130 Å². The van der Waals surface area contributed by atoms with Crippen LogP contribution in [0.1, 0.15) is 67.6 Å². The molecule has 4 aliphatic rings. The minimum absolute atomic E-state index is 0.0242. The van der Waals surface area contributed by atoms with Crippen molar-refractivity contribution in [1.82, 2.24) is 34.7 Å². The summed E-state index contributed by atoms with van der Waals surface area (Å²) in [7, 11) is -11.0. The number of hydrogen-bond acceptors (Lipinski definition) is 15. The number of urea groups is 1. The van der Waals surface area contributed by atoms with Gasteiger partial charge in [-0.15, -0.1) is 11.8 Å². The molecule has 4 amide bonds. The van der Waals surface area contributed by atoms with Crippen molar-refractivity contribution in [3.05, 3.63) is 137 Å². The molecule has 5 aromatic rings. The van der Waals surface area contributed by atoms with Crippen molar-refractivity contribution in [2.24, 2.45) is 5.41 Å². The molecule has 0 spiro atoms. The Balaban J connectivity index is 0.833. The van der Waals surface area contributed by atoms with Gasteiger partial charge in [0.1, 0.15) is 17.0 Å². The lowest BCUT2D eigenvalue weighted by molar-refractivity contribution is -0.120. The first-order valence-corrected chi connectivity index (χ1v) is 30.8. The van der Waals surface area contributed by atoms with Gasteiger partial charge in [0.25, 0.3) is 25.8 Å². The molecular formula is C56H64ClF3N10O7S3. The number of sulfone groups is 1. The van der Waals surface area contributed by atoms with E-state index in [1.54, 1.807) is 18.2 Å². The topological polar surface area (TPSA) is 198 Å². The Labute approximate surface area is 474 Å². The maximum Gasteiger partial charge on any atom is 0.501 e. The third-order valence-electron chi connectivity index (χ3n) is 15.0. The Morgan fingerprint density at radius 1 is 0.800 bits per heavy atom. The number of nitrogens with zero attached hydrogens (tertiary/aromatic N) is 7. The summed E-state index contributed by atoms with van der Waals surface area (Å²) >= 11 is 7.63. The van der Waals surface area contributed by atoms with Crippen molar-refractivity contribution < 1.29 is 44.4 Å². The van der Waals surface area contributed by atoms with Crippen LogP contribution in [-0.4, -0.2) is 149 Å². The molecule has 3 N–H and O–H groups in total. The summed E-state index contributed by atoms with van der Waals surface area (Å²) in [5.74, 6) is -0.703. The number of aromatic nitrogens is 2. The maximum absolute atomic E-state index is 14.5. The zero-order valence-electron chi connectivity index (χ0n) is 44.4. The number of halogens is 4. The summed E-state index contributed by atoms with van der Waals surface area (Å²) < 4.78 is 99.5. The number of rotatable bonds is 19. The van der Waals surface area contributed by atoms with Crippen LogP contribution in [0.5, 0.6) is 0 Å². The average Bonchev–Trinajstić information content (AvgIpc) is 3.43. The summed E-state index contributed by atoms with van der Waals surface area (Å²) in [5, 5.41) is 6.02. The number of imide groups is 1. The molecule has 1 atom stereocenters. The summed E-state index contributed by atoms with van der Waals surface area (Å²) in [6.45, 7) is 12.2. The van der Waals surface area contributed by atoms with E-state index < -0.39 is 58.8 Å². The Hall–Kier alpha value is -6.08. The highest BCUT2D eigenvalue weighted by atomic mass is 35.5. The number of amides is 4. The molecule has 3 fully saturated rings. The molecule has 80 heavy (non-hydrogen) atoms. The van der Waals surface area contributed by atoms with Gasteiger partial charge in [-0.3, -0.25) is 29.6 Å². The number of sulfonamides is 1. The highest BCUT2D eigenvalue weighted by Crippen LogP contribution is 2.43. The van der Waals surface area contributed by atoms with E-state index in [4.69, 9.17) is 11.6 Å². The lowest BCUT2D eigenvalue weighted by Gasteiger charge is -2.39. The van der Waals surface area contributed by atoms with E-state index in [9.17, 15) is 44.4 Å². The van der Waals surface area contributed by atoms with Crippen LogP contribution in [0.3, 0.4) is 0 Å². The highest BCUT2D eigenvalue weighted by molar-refractivity contribution is 7.99. The van der Waals surface area contributed by atoms with Gasteiger partial charge in [-0.1, -0.05) is 61.4 Å². The molecule has 0 saturated carbocycles. The van der Waals surface area contributed by atoms with E-state index in [1.807, 2.05) is 47.2 Å². The molecule has 0 radical (unpaired) electrons. The van der Waals surface area contributed by atoms with Gasteiger partial charge in [-0.25, -0.2) is 36.3 Å². The number of nitrogens with one attached hydrogen (secondary N) is 3. The number of carbonyl (C=O) groups is 3. The maximum atomic E-state index is 14.5. The van der Waals surface area contributed by atoms with Crippen LogP contribution in [-0.2, 0) is 31.2 Å². The van der Waals surface area contributed by atoms with Crippen molar-refractivity contribution in [3.8, 4) is 0 Å². The van der Waals surface area contributed by atoms with Crippen LogP contribution >= 0.6 is 23.4 Å². The summed E-state index contributed by atoms with van der Waals surface area (Å²) in [5.41, 5.74) is -0.516. The van der Waals surface area contributed by atoms with Gasteiger partial charge in [-0.2, -0.15) is 13.2 Å². The number of carbonyl (C=O) groups excluding carboxylic acids is 3. The molecule has 24 heteroatoms. The molecule has 9 rings (SSSR count). The minimum Gasteiger partial charge on any atom is -0.380 e. The molecule has 17 nitrogen and oxygen atoms in total. The Kier molecular flexibility index (Phi) is 18.3. The lowest BCUT2D eigenvalue weighted by atomic mass is 9.73. The number of anilines is 3. The molecule has 1 aliphatic carbocycles. The number of benzene rings is 4. The molecule has 0 unspecified atom stereocenters. The number of thioether (sulfide) groups is 1. The molecule has 426 valence electrons. The summed E-state index contributed by atoms with van der Waals surface area (Å²) in [6.07, 6.45) is 5.02. The third kappa shape index (κ3) is 14.7. The largest absolute Gasteiger partial charge is 0.501 e. The molecule has 3 saturated heterocycles. The SMILES string of the molecule is CC1(C)CCC(c2ccc(Cl)cc2)=C(CN2CCN(c3ccc(C(=O)NS(=O)(=O)c4ccc(N[C@H](CCN5CCN(Cc6cc(N7CCC(=O)NC7=O)ncn6)CC5)CSc5ccccc5)c(S(=O)(=O)C(F)(F)F)c4)cc3)CC2)C1. The number of piperazine rings is 2. The van der Waals surface area contributed by atoms with Gasteiger partial charge < -0.3 is 15.1 Å². The van der Waals surface area contributed by atoms with E-state index in [2.05, 4.69) is 66.2 Å². The standard InChI is InChI=1S/C56H64ClF3N10O7S3/c1-55(2)21-18-48(39-8-12-42(57)13-9-39)41(34-55)35-67-28-30-69(31-29-67)45-14-10-40(11-15-45)53(72)65-80(76,77)47-16-17-49(50(33-47)79(74,75)56(58,59)60)63-43(37-78-46-6-4-3-5-7-46)19-22-66-24-26-68(27-25-66)36-44-32-51(62-38-61-44)70-23-20-52(71)64-54(70)73/h3-17,32-33,38,43,63H,18-31,34-37H2,1-2H3,(H,65,72)(H,64,71,73)/t43-/m1/s1. The van der Waals surface area contributed by atoms with Gasteiger partial charge in [0.2, 0.25) is 5.91 Å². The molecule has 4 heterocycles. The fourth-order valence-corrected chi connectivity index (χ4v) is 13.6. The van der Waals surface area contributed by atoms with Crippen molar-refractivity contribution in [2.45, 2.75) is 78.7 Å². The predicted octanol–water partition coefficient (Wildman–Crippen LogP) is 8.56. The first-order chi connectivity index (χ1) is 38.1. The Bertz CT molecular complexity index is 3310. The van der Waals surface area contributed by atoms with Crippen LogP contribution in [0.25, 0.3) is 5.57 Å². The second-order valence-electron chi connectivity index (χ2n) is 21.3. The average molecular weight is 1180 g/mol. The molecule has 4 aromatic carbocycles. The highest BCUT2D eigenvalue weighted by Gasteiger charge is 2.48. The van der Waals surface area contributed by atoms with E-state index in [-0.39, 0.29) is 29.9 Å². The summed E-state index contributed by atoms with van der Waals surface area (Å²) in [4.78, 5) is 55.3. The monoisotopic (exact) mass is 1180 g/mol. The van der Waals surface area contributed by atoms with E-state index in [0.717, 1.165) is 74.7 Å². The van der Waals surface area contributed by atoms with Crippen LogP contribution in [0, 0.1) is 5.41 Å². The second-order valence-corrected chi connectivity index (χ2v) is 26.4. The van der Waals surface area contributed by atoms with E-state index >= 15 is 0 Å². The van der Waals surface area contributed by atoms with Crippen molar-refractivity contribution in [1.29, 1.82) is 0 Å². The molecule has 1 aromatic heterocycles. The minimum atomic E-state index is -6.13. The van der Waals surface area contributed by atoms with Gasteiger partial charge in [-0.05, 0) is 109 Å². The normalized spacial score (nSPS) is 18.5. The number of hydrogen-bond donors (Lipinski definition) is 3. The zero-order chi connectivity index (χ0) is 56.8. The van der Waals surface area contributed by atoms with Crippen LogP contribution in [0.2, 0.25) is 5.02 Å². The van der Waals surface area contributed by atoms with Crippen molar-refractivity contribution >= 4 is 83.8 Å². The number of allylic oxidation sites excluding steroid dienone is 1. The summed E-state index contributed by atoms with van der Waals surface area (Å²) in [6, 6.07) is 26.7. The first kappa shape index (κ1) is 58.6. The molecule has 3 aliphatic heterocycles. The molecule has 0 bridgehead atoms. The predicted molar refractivity (Wildman–Crippen MR) is 304 cm³/mol. The van der Waals surface area contributed by atoms with Gasteiger partial charge in [0.05, 0.1) is 16.3 Å².